The zero-order valence-corrected chi connectivity index (χ0v) is 42.0. The Morgan fingerprint density at radius 1 is 0.435 bits per heavy atom. The maximum atomic E-state index is 13.0. The highest BCUT2D eigenvalue weighted by Gasteiger charge is 2.20. The van der Waals surface area contributed by atoms with E-state index in [0.717, 1.165) is 64.5 Å². The standard InChI is InChI=1S/C37H65B3N8O8.C8H16B2N2O/c1-28(2)30(49)17-6-3-14-25-45-37(56)29(46-32(51)19-9-10-20-33(52)47-38)16-11-15-24-42-31(50)18-7-4-12-22-43-34(53)26-41-27-35(54)44-23-13-5-8-21-36(55)48(39)40;1-2-11-7-5-3-4-6-8(13)12(9)10/h28-29,41H,3-27H2,1-2H3,(H,42,50)(H,43,53)(H,44,54)(H,45,56)(H,46,51)(H,47,52);11H,2-7H2,1H3. The van der Waals surface area contributed by atoms with Crippen molar-refractivity contribution in [2.24, 2.45) is 5.92 Å². The highest BCUT2D eigenvalue weighted by molar-refractivity contribution is 6.34. The molecule has 0 aliphatic heterocycles. The summed E-state index contributed by atoms with van der Waals surface area (Å²) >= 11 is 0. The van der Waals surface area contributed by atoms with Gasteiger partial charge in [0.2, 0.25) is 75.3 Å². The van der Waals surface area contributed by atoms with Crippen LogP contribution in [-0.2, 0) is 43.2 Å². The molecule has 0 aliphatic rings. The second-order valence-corrected chi connectivity index (χ2v) is 17.2. The molecule has 0 aromatic carbocycles. The monoisotopic (exact) mass is 961 g/mol. The third-order valence-corrected chi connectivity index (χ3v) is 10.6. The average molecular weight is 960 g/mol. The molecule has 8 N–H and O–H groups in total. The number of unbranched alkanes of at least 4 members (excludes halogenated alkanes) is 10. The molecule has 0 spiro atoms. The summed E-state index contributed by atoms with van der Waals surface area (Å²) in [5, 5.41) is 22.2. The number of hydrogen-bond acceptors (Lipinski definition) is 11. The molecule has 8 amide bonds. The van der Waals surface area contributed by atoms with Gasteiger partial charge in [-0.15, -0.1) is 0 Å². The summed E-state index contributed by atoms with van der Waals surface area (Å²) in [6.45, 7) is 9.66. The number of rotatable bonds is 42. The number of ketones is 1. The average Bonchev–Trinajstić information content (AvgIpc) is 3.31. The number of amides is 8. The van der Waals surface area contributed by atoms with Crippen LogP contribution in [0, 0.1) is 5.92 Å². The Balaban J connectivity index is 0. The van der Waals surface area contributed by atoms with Gasteiger partial charge in [-0.25, -0.2) is 0 Å². The van der Waals surface area contributed by atoms with E-state index in [1.165, 1.54) is 0 Å². The molecule has 380 valence electrons. The van der Waals surface area contributed by atoms with E-state index < -0.39 is 6.04 Å². The summed E-state index contributed by atoms with van der Waals surface area (Å²) in [6, 6.07) is -0.725. The Morgan fingerprint density at radius 2 is 0.841 bits per heavy atom. The SMILES string of the molecule is [B]N([B])C(=O)CCCCCNCC.[B]NC(=O)CCCCC(=O)NC(CCCCNC(=O)CCCCCNC(=O)CNCC(=O)NCCCCCC(=O)N([B])[B])C(=O)NCCCCCC(=O)C(C)C. The van der Waals surface area contributed by atoms with Crippen molar-refractivity contribution >= 4 is 92.9 Å². The summed E-state index contributed by atoms with van der Waals surface area (Å²) in [5.74, 6) is -1.70. The van der Waals surface area contributed by atoms with Gasteiger partial charge in [0.25, 0.3) is 0 Å². The van der Waals surface area contributed by atoms with Crippen molar-refractivity contribution in [3.63, 3.8) is 0 Å². The molecule has 0 aromatic heterocycles. The predicted molar refractivity (Wildman–Crippen MR) is 272 cm³/mol. The minimum Gasteiger partial charge on any atom is -0.449 e. The summed E-state index contributed by atoms with van der Waals surface area (Å²) in [7, 11) is 25.5. The van der Waals surface area contributed by atoms with Crippen LogP contribution >= 0.6 is 0 Å². The number of nitrogens with one attached hydrogen (secondary N) is 8. The van der Waals surface area contributed by atoms with Crippen LogP contribution in [0.3, 0.4) is 0 Å². The van der Waals surface area contributed by atoms with Crippen molar-refractivity contribution in [1.82, 2.24) is 51.9 Å². The molecule has 1 atom stereocenters. The first-order valence-electron chi connectivity index (χ1n) is 24.9. The smallest absolute Gasteiger partial charge is 0.242 e. The quantitative estimate of drug-likeness (QED) is 0.0309. The van der Waals surface area contributed by atoms with E-state index in [0.29, 0.717) is 113 Å². The molecule has 0 aliphatic carbocycles. The molecule has 0 fully saturated rings. The molecule has 0 saturated carbocycles. The van der Waals surface area contributed by atoms with Crippen LogP contribution < -0.4 is 42.4 Å². The fourth-order valence-electron chi connectivity index (χ4n) is 6.37. The molecule has 69 heavy (non-hydrogen) atoms. The summed E-state index contributed by atoms with van der Waals surface area (Å²) in [4.78, 5) is 107. The van der Waals surface area contributed by atoms with Gasteiger partial charge in [0, 0.05) is 70.6 Å². The van der Waals surface area contributed by atoms with Gasteiger partial charge in [-0.1, -0.05) is 46.5 Å². The van der Waals surface area contributed by atoms with Gasteiger partial charge in [0.05, 0.1) is 13.1 Å². The lowest BCUT2D eigenvalue weighted by Crippen LogP contribution is -2.47. The molecular weight excluding hydrogens is 879 g/mol. The summed E-state index contributed by atoms with van der Waals surface area (Å²) in [5.41, 5.74) is 0. The number of nitrogens with zero attached hydrogens (tertiary/aromatic N) is 2. The second-order valence-electron chi connectivity index (χ2n) is 17.2. The van der Waals surface area contributed by atoms with Crippen molar-refractivity contribution in [2.75, 3.05) is 52.4 Å². The Morgan fingerprint density at radius 3 is 1.32 bits per heavy atom. The first-order chi connectivity index (χ1) is 32.9. The van der Waals surface area contributed by atoms with Gasteiger partial charge in [0.15, 0.2) is 11.8 Å². The summed E-state index contributed by atoms with van der Waals surface area (Å²) in [6.07, 6.45) is 14.0. The van der Waals surface area contributed by atoms with Crippen molar-refractivity contribution in [3.05, 3.63) is 0 Å². The number of carbonyl (C=O) groups is 9. The molecule has 0 aromatic rings. The molecular formula is C45H81B5N10O9. The van der Waals surface area contributed by atoms with Gasteiger partial charge in [-0.2, -0.15) is 0 Å². The molecule has 10 radical (unpaired) electrons. The van der Waals surface area contributed by atoms with E-state index in [2.05, 4.69) is 49.4 Å². The van der Waals surface area contributed by atoms with Gasteiger partial charge in [-0.3, -0.25) is 48.5 Å². The van der Waals surface area contributed by atoms with Crippen LogP contribution in [0.1, 0.15) is 168 Å². The lowest BCUT2D eigenvalue weighted by atomic mass is 10.0. The second kappa shape index (κ2) is 46.1. The van der Waals surface area contributed by atoms with E-state index in [1.807, 2.05) is 13.8 Å². The van der Waals surface area contributed by atoms with Gasteiger partial charge < -0.3 is 46.6 Å². The summed E-state index contributed by atoms with van der Waals surface area (Å²) < 4.78 is 1.22. The fourth-order valence-corrected chi connectivity index (χ4v) is 6.37. The Kier molecular flexibility index (Phi) is 44.6. The van der Waals surface area contributed by atoms with Crippen molar-refractivity contribution < 1.29 is 43.2 Å². The largest absolute Gasteiger partial charge is 0.449 e. The Labute approximate surface area is 419 Å². The highest BCUT2D eigenvalue weighted by atomic mass is 16.2. The topological polar surface area (TPSA) is 256 Å². The van der Waals surface area contributed by atoms with E-state index >= 15 is 0 Å². The highest BCUT2D eigenvalue weighted by Crippen LogP contribution is 2.08. The third kappa shape index (κ3) is 44.6. The zero-order valence-electron chi connectivity index (χ0n) is 42.0. The van der Waals surface area contributed by atoms with E-state index in [-0.39, 0.29) is 91.3 Å². The molecule has 19 nitrogen and oxygen atoms in total. The molecule has 0 heterocycles. The molecule has 24 heteroatoms. The predicted octanol–water partition coefficient (Wildman–Crippen LogP) is 0.510. The number of Topliss-reactive ketones (excluding diaryl/α,β-unsaturated/α-hetero) is 1. The van der Waals surface area contributed by atoms with E-state index in [1.54, 1.807) is 0 Å². The number of carbonyl (C=O) groups excluding carboxylic acids is 9. The van der Waals surface area contributed by atoms with Crippen LogP contribution in [0.2, 0.25) is 0 Å². The van der Waals surface area contributed by atoms with E-state index in [9.17, 15) is 43.2 Å². The van der Waals surface area contributed by atoms with E-state index in [4.69, 9.17) is 39.9 Å². The van der Waals surface area contributed by atoms with Crippen LogP contribution in [-0.4, -0.2) is 161 Å². The van der Waals surface area contributed by atoms with Crippen LogP contribution in [0.5, 0.6) is 0 Å². The maximum absolute atomic E-state index is 13.0. The van der Waals surface area contributed by atoms with Crippen molar-refractivity contribution in [1.29, 1.82) is 0 Å². The minimum atomic E-state index is -0.725. The first kappa shape index (κ1) is 66.8. The Hall–Kier alpha value is -4.33. The van der Waals surface area contributed by atoms with Crippen LogP contribution in [0.4, 0.5) is 0 Å². The Bertz CT molecular complexity index is 1470. The fraction of sp³-hybridized carbons (Fsp3) is 0.800. The molecule has 0 saturated heterocycles. The van der Waals surface area contributed by atoms with Crippen LogP contribution in [0.25, 0.3) is 0 Å². The zero-order chi connectivity index (χ0) is 52.1. The first-order valence-corrected chi connectivity index (χ1v) is 24.9. The van der Waals surface area contributed by atoms with Gasteiger partial charge >= 0.3 is 0 Å². The molecule has 0 bridgehead atoms. The van der Waals surface area contributed by atoms with Crippen molar-refractivity contribution in [3.8, 4) is 0 Å². The maximum Gasteiger partial charge on any atom is 0.242 e. The minimum absolute atomic E-state index is 0.00400. The number of hydrogen-bond donors (Lipinski definition) is 8. The molecule has 1 unspecified atom stereocenters. The van der Waals surface area contributed by atoms with Crippen LogP contribution in [0.15, 0.2) is 0 Å². The molecule has 0 rings (SSSR count). The van der Waals surface area contributed by atoms with Crippen molar-refractivity contribution in [2.45, 2.75) is 174 Å². The normalized spacial score (nSPS) is 11.0. The lowest BCUT2D eigenvalue weighted by Gasteiger charge is -2.19. The van der Waals surface area contributed by atoms with Gasteiger partial charge in [0.1, 0.15) is 11.8 Å². The lowest BCUT2D eigenvalue weighted by molar-refractivity contribution is -0.129. The van der Waals surface area contributed by atoms with Gasteiger partial charge in [-0.05, 0) is 96.6 Å². The third-order valence-electron chi connectivity index (χ3n) is 10.6.